The van der Waals surface area contributed by atoms with Gasteiger partial charge in [0.2, 0.25) is 0 Å². The number of methoxy groups -OCH3 is 2. The van der Waals surface area contributed by atoms with E-state index in [1.807, 2.05) is 6.92 Å². The second kappa shape index (κ2) is 10.8. The molecule has 0 saturated heterocycles. The normalized spacial score (nSPS) is 15.2. The fraction of sp³-hybridized carbons (Fsp3) is 0.320. The molecular formula is C25H25N3O8S. The highest BCUT2D eigenvalue weighted by atomic mass is 32.1. The summed E-state index contributed by atoms with van der Waals surface area (Å²) in [6.45, 7) is 3.81. The second-order valence-electron chi connectivity index (χ2n) is 7.95. The first-order chi connectivity index (χ1) is 17.8. The number of furan rings is 1. The molecule has 1 aliphatic heterocycles. The summed E-state index contributed by atoms with van der Waals surface area (Å²) in [5.74, 6) is 0.0823. The Labute approximate surface area is 215 Å². The number of carbonyl (C=O) groups is 1. The van der Waals surface area contributed by atoms with Gasteiger partial charge in [0.05, 0.1) is 42.7 Å². The molecule has 0 aliphatic carbocycles. The molecule has 3 aromatic rings. The number of nitro groups is 1. The SMILES string of the molecule is CCCC1=C(C(=O)OCC)C(c2cc(OC)ccc2OC)n2c(s/c(=C/c3ccc([N+](=O)[O-])o3)c2=O)=N1. The molecule has 11 nitrogen and oxygen atoms in total. The molecule has 12 heteroatoms. The van der Waals surface area contributed by atoms with Gasteiger partial charge in [-0.3, -0.25) is 19.5 Å². The lowest BCUT2D eigenvalue weighted by atomic mass is 9.93. The van der Waals surface area contributed by atoms with Gasteiger partial charge in [-0.15, -0.1) is 0 Å². The number of hydrogen-bond acceptors (Lipinski definition) is 10. The van der Waals surface area contributed by atoms with Crippen molar-refractivity contribution in [3.05, 3.63) is 82.7 Å². The van der Waals surface area contributed by atoms with E-state index in [-0.39, 0.29) is 22.5 Å². The molecule has 3 heterocycles. The summed E-state index contributed by atoms with van der Waals surface area (Å²) in [6.07, 6.45) is 2.60. The molecule has 194 valence electrons. The van der Waals surface area contributed by atoms with Crippen molar-refractivity contribution in [2.45, 2.75) is 32.7 Å². The van der Waals surface area contributed by atoms with E-state index in [9.17, 15) is 19.7 Å². The monoisotopic (exact) mass is 527 g/mol. The summed E-state index contributed by atoms with van der Waals surface area (Å²) in [6, 6.07) is 6.85. The first-order valence-corrected chi connectivity index (χ1v) is 12.3. The van der Waals surface area contributed by atoms with Crippen molar-refractivity contribution >= 4 is 29.3 Å². The number of fused-ring (bicyclic) bond motifs is 1. The summed E-state index contributed by atoms with van der Waals surface area (Å²) in [5.41, 5.74) is 0.824. The summed E-state index contributed by atoms with van der Waals surface area (Å²) in [7, 11) is 3.02. The van der Waals surface area contributed by atoms with Gasteiger partial charge in [-0.05, 0) is 37.6 Å². The number of thiazole rings is 1. The van der Waals surface area contributed by atoms with Crippen LogP contribution in [0.2, 0.25) is 0 Å². The van der Waals surface area contributed by atoms with E-state index < -0.39 is 28.4 Å². The Balaban J connectivity index is 2.03. The third kappa shape index (κ3) is 4.92. The summed E-state index contributed by atoms with van der Waals surface area (Å²) in [5, 5.41) is 11.0. The first-order valence-electron chi connectivity index (χ1n) is 11.5. The molecule has 1 atom stereocenters. The quantitative estimate of drug-likeness (QED) is 0.235. The molecule has 1 aromatic carbocycles. The molecule has 4 rings (SSSR count). The summed E-state index contributed by atoms with van der Waals surface area (Å²) in [4.78, 5) is 42.4. The van der Waals surface area contributed by atoms with Crippen molar-refractivity contribution in [1.82, 2.24) is 4.57 Å². The van der Waals surface area contributed by atoms with E-state index in [4.69, 9.17) is 18.6 Å². The van der Waals surface area contributed by atoms with E-state index in [1.165, 1.54) is 37.0 Å². The molecular weight excluding hydrogens is 502 g/mol. The predicted molar refractivity (Wildman–Crippen MR) is 135 cm³/mol. The molecule has 0 N–H and O–H groups in total. The Kier molecular flexibility index (Phi) is 7.58. The van der Waals surface area contributed by atoms with Crippen LogP contribution in [0.4, 0.5) is 5.88 Å². The molecule has 0 amide bonds. The minimum atomic E-state index is -0.907. The minimum absolute atomic E-state index is 0.144. The lowest BCUT2D eigenvalue weighted by Crippen LogP contribution is -2.40. The lowest BCUT2D eigenvalue weighted by molar-refractivity contribution is -0.402. The Morgan fingerprint density at radius 2 is 2.03 bits per heavy atom. The molecule has 0 spiro atoms. The van der Waals surface area contributed by atoms with Crippen LogP contribution in [0.1, 0.15) is 44.1 Å². The summed E-state index contributed by atoms with van der Waals surface area (Å²) >= 11 is 1.09. The average molecular weight is 528 g/mol. The van der Waals surface area contributed by atoms with Crippen molar-refractivity contribution in [3.63, 3.8) is 0 Å². The number of carbonyl (C=O) groups excluding carboxylic acids is 1. The molecule has 0 bridgehead atoms. The predicted octanol–water partition coefficient (Wildman–Crippen LogP) is 3.10. The Bertz CT molecular complexity index is 1560. The fourth-order valence-electron chi connectivity index (χ4n) is 4.12. The molecule has 2 aromatic heterocycles. The van der Waals surface area contributed by atoms with Gasteiger partial charge in [0, 0.05) is 11.6 Å². The number of hydrogen-bond donors (Lipinski definition) is 0. The zero-order valence-corrected chi connectivity index (χ0v) is 21.5. The topological polar surface area (TPSA) is 135 Å². The van der Waals surface area contributed by atoms with Crippen LogP contribution in [0.25, 0.3) is 6.08 Å². The van der Waals surface area contributed by atoms with Gasteiger partial charge >= 0.3 is 11.9 Å². The maximum absolute atomic E-state index is 13.7. The second-order valence-corrected chi connectivity index (χ2v) is 8.96. The van der Waals surface area contributed by atoms with E-state index in [1.54, 1.807) is 25.1 Å². The van der Waals surface area contributed by atoms with Crippen LogP contribution < -0.4 is 24.4 Å². The number of allylic oxidation sites excluding steroid dienone is 1. The van der Waals surface area contributed by atoms with Crippen molar-refractivity contribution < 1.29 is 28.3 Å². The lowest BCUT2D eigenvalue weighted by Gasteiger charge is -2.27. The van der Waals surface area contributed by atoms with Crippen molar-refractivity contribution in [3.8, 4) is 11.5 Å². The molecule has 0 fully saturated rings. The van der Waals surface area contributed by atoms with E-state index in [2.05, 4.69) is 4.99 Å². The minimum Gasteiger partial charge on any atom is -0.497 e. The molecule has 37 heavy (non-hydrogen) atoms. The average Bonchev–Trinajstić information content (AvgIpc) is 3.48. The van der Waals surface area contributed by atoms with Gasteiger partial charge < -0.3 is 18.6 Å². The van der Waals surface area contributed by atoms with Crippen LogP contribution in [0.3, 0.4) is 0 Å². The van der Waals surface area contributed by atoms with Crippen molar-refractivity contribution in [2.24, 2.45) is 4.99 Å². The molecule has 1 aliphatic rings. The van der Waals surface area contributed by atoms with Crippen LogP contribution in [0, 0.1) is 10.1 Å². The van der Waals surface area contributed by atoms with E-state index in [0.717, 1.165) is 11.3 Å². The zero-order valence-electron chi connectivity index (χ0n) is 20.7. The highest BCUT2D eigenvalue weighted by Crippen LogP contribution is 2.38. The third-order valence-electron chi connectivity index (χ3n) is 5.69. The maximum Gasteiger partial charge on any atom is 0.433 e. The number of aromatic nitrogens is 1. The highest BCUT2D eigenvalue weighted by Gasteiger charge is 2.36. The Morgan fingerprint density at radius 3 is 2.65 bits per heavy atom. The van der Waals surface area contributed by atoms with Crippen LogP contribution in [0.15, 0.2) is 55.8 Å². The van der Waals surface area contributed by atoms with Crippen molar-refractivity contribution in [2.75, 3.05) is 20.8 Å². The van der Waals surface area contributed by atoms with Crippen LogP contribution in [-0.2, 0) is 9.53 Å². The Hall–Kier alpha value is -4.19. The van der Waals surface area contributed by atoms with Crippen molar-refractivity contribution in [1.29, 1.82) is 0 Å². The Morgan fingerprint density at radius 1 is 1.24 bits per heavy atom. The standard InChI is InChI=1S/C25H25N3O8S/c1-5-7-17-21(24(30)35-6-2)22(16-12-14(33-3)8-10-18(16)34-4)27-23(29)19(37-25(27)26-17)13-15-9-11-20(36-15)28(31)32/h8-13,22H,5-7H2,1-4H3/b19-13+. The molecule has 0 radical (unpaired) electrons. The number of benzene rings is 1. The van der Waals surface area contributed by atoms with Crippen LogP contribution in [0.5, 0.6) is 11.5 Å². The van der Waals surface area contributed by atoms with Gasteiger partial charge in [0.25, 0.3) is 5.56 Å². The first kappa shape index (κ1) is 25.9. The number of nitrogens with zero attached hydrogens (tertiary/aromatic N) is 3. The van der Waals surface area contributed by atoms with Gasteiger partial charge in [0.15, 0.2) is 4.80 Å². The zero-order chi connectivity index (χ0) is 26.7. The van der Waals surface area contributed by atoms with Gasteiger partial charge in [-0.25, -0.2) is 9.79 Å². The van der Waals surface area contributed by atoms with Gasteiger partial charge in [0.1, 0.15) is 28.2 Å². The number of rotatable bonds is 9. The number of ether oxygens (including phenoxy) is 3. The highest BCUT2D eigenvalue weighted by molar-refractivity contribution is 7.07. The fourth-order valence-corrected chi connectivity index (χ4v) is 5.12. The van der Waals surface area contributed by atoms with Gasteiger partial charge in [-0.2, -0.15) is 0 Å². The summed E-state index contributed by atoms with van der Waals surface area (Å²) < 4.78 is 23.3. The van der Waals surface area contributed by atoms with E-state index >= 15 is 0 Å². The number of esters is 1. The third-order valence-corrected chi connectivity index (χ3v) is 6.67. The molecule has 0 saturated carbocycles. The maximum atomic E-state index is 13.7. The van der Waals surface area contributed by atoms with Crippen LogP contribution >= 0.6 is 11.3 Å². The smallest absolute Gasteiger partial charge is 0.433 e. The van der Waals surface area contributed by atoms with Crippen LogP contribution in [-0.4, -0.2) is 36.3 Å². The largest absolute Gasteiger partial charge is 0.497 e. The molecule has 1 unspecified atom stereocenters. The van der Waals surface area contributed by atoms with Gasteiger partial charge in [-0.1, -0.05) is 24.7 Å². The van der Waals surface area contributed by atoms with E-state index in [0.29, 0.717) is 40.4 Å².